The third-order valence-corrected chi connectivity index (χ3v) is 21.2. The summed E-state index contributed by atoms with van der Waals surface area (Å²) in [5.41, 5.74) is 25.1. The van der Waals surface area contributed by atoms with Crippen LogP contribution in [0.3, 0.4) is 0 Å². The van der Waals surface area contributed by atoms with Gasteiger partial charge in [0.15, 0.2) is 0 Å². The van der Waals surface area contributed by atoms with Gasteiger partial charge in [0, 0.05) is 11.8 Å². The lowest BCUT2D eigenvalue weighted by atomic mass is 9.60. The molecule has 7 aromatic carbocycles. The van der Waals surface area contributed by atoms with Crippen molar-refractivity contribution in [3.05, 3.63) is 249 Å². The molecular formula is C63H54Si. The predicted octanol–water partition coefficient (Wildman–Crippen LogP) is 15.6. The maximum atomic E-state index is 2.72. The Balaban J connectivity index is 0.945. The van der Waals surface area contributed by atoms with E-state index in [1.165, 1.54) is 84.3 Å². The molecule has 0 amide bonds. The van der Waals surface area contributed by atoms with Crippen molar-refractivity contribution in [3.8, 4) is 22.3 Å². The molecule has 1 heteroatoms. The van der Waals surface area contributed by atoms with Gasteiger partial charge in [-0.15, -0.1) is 0 Å². The fourth-order valence-corrected chi connectivity index (χ4v) is 17.8. The molecule has 1 saturated carbocycles. The van der Waals surface area contributed by atoms with Gasteiger partial charge in [-0.05, 0) is 138 Å². The SMILES string of the molecule is CC1CC=C2C=Cc3cccc4c3C2C1C=C4c1ccc2c(c1)[Si](C)(C)C1CC3C(=C(c4ccc(-c5ccccc5)cc4)c4ccccc4C3c3ccc(-c4ccccc4)cc3)CC21. The maximum Gasteiger partial charge on any atom is 0.0847 e. The Hall–Kier alpha value is -6.28. The molecule has 0 saturated heterocycles. The van der Waals surface area contributed by atoms with Gasteiger partial charge in [0.05, 0.1) is 8.07 Å². The number of fused-ring (bicyclic) bond motifs is 5. The fraction of sp³-hybridized carbons (Fsp3) is 0.206. The van der Waals surface area contributed by atoms with E-state index in [9.17, 15) is 0 Å². The summed E-state index contributed by atoms with van der Waals surface area (Å²) in [4.78, 5) is 0. The van der Waals surface area contributed by atoms with Crippen molar-refractivity contribution in [1.82, 2.24) is 0 Å². The smallest absolute Gasteiger partial charge is 0.0804 e. The van der Waals surface area contributed by atoms with Crippen molar-refractivity contribution in [2.24, 2.45) is 17.8 Å². The van der Waals surface area contributed by atoms with Gasteiger partial charge in [-0.3, -0.25) is 0 Å². The third kappa shape index (κ3) is 5.79. The third-order valence-electron chi connectivity index (χ3n) is 16.9. The zero-order valence-corrected chi connectivity index (χ0v) is 38.1. The molecule has 0 aromatic heterocycles. The van der Waals surface area contributed by atoms with E-state index in [4.69, 9.17) is 0 Å². The predicted molar refractivity (Wildman–Crippen MR) is 271 cm³/mol. The second kappa shape index (κ2) is 14.6. The molecule has 7 atom stereocenters. The molecule has 0 spiro atoms. The molecule has 6 aliphatic rings. The monoisotopic (exact) mass is 838 g/mol. The number of rotatable bonds is 5. The summed E-state index contributed by atoms with van der Waals surface area (Å²) >= 11 is 0. The van der Waals surface area contributed by atoms with Crippen LogP contribution in [0.2, 0.25) is 18.6 Å². The van der Waals surface area contributed by atoms with Crippen molar-refractivity contribution in [3.63, 3.8) is 0 Å². The normalized spacial score (nSPS) is 25.3. The lowest BCUT2D eigenvalue weighted by Crippen LogP contribution is -2.44. The summed E-state index contributed by atoms with van der Waals surface area (Å²) < 4.78 is 0. The molecule has 5 aliphatic carbocycles. The van der Waals surface area contributed by atoms with Gasteiger partial charge in [-0.2, -0.15) is 0 Å². The molecule has 310 valence electrons. The molecule has 1 heterocycles. The Morgan fingerprint density at radius 1 is 0.531 bits per heavy atom. The Morgan fingerprint density at radius 2 is 1.17 bits per heavy atom. The average molecular weight is 839 g/mol. The number of hydrogen-bond donors (Lipinski definition) is 0. The minimum absolute atomic E-state index is 0.309. The maximum absolute atomic E-state index is 2.72. The van der Waals surface area contributed by atoms with E-state index in [0.717, 1.165) is 12.8 Å². The van der Waals surface area contributed by atoms with Crippen molar-refractivity contribution in [1.29, 1.82) is 0 Å². The average Bonchev–Trinajstić information content (AvgIpc) is 3.57. The van der Waals surface area contributed by atoms with E-state index in [1.54, 1.807) is 21.9 Å². The molecule has 0 radical (unpaired) electrons. The summed E-state index contributed by atoms with van der Waals surface area (Å²) in [6.45, 7) is 7.92. The summed E-state index contributed by atoms with van der Waals surface area (Å²) in [6, 6.07) is 65.2. The van der Waals surface area contributed by atoms with Crippen LogP contribution in [0.4, 0.5) is 0 Å². The van der Waals surface area contributed by atoms with Crippen LogP contribution in [0.15, 0.2) is 199 Å². The van der Waals surface area contributed by atoms with Gasteiger partial charge in [-0.1, -0.05) is 225 Å². The number of benzene rings is 7. The lowest BCUT2D eigenvalue weighted by Gasteiger charge is -2.47. The van der Waals surface area contributed by atoms with Crippen LogP contribution in [0, 0.1) is 17.8 Å². The molecule has 0 bridgehead atoms. The first kappa shape index (κ1) is 38.2. The standard InChI is InChI=1S/C63H54Si/c1-39-21-22-47-32-31-44-17-12-20-52-54(36-53(39)63(47)62(44)52)48-33-34-49-55-37-56-57(38-59(55)64(2,3)58(49)35-48)61(46-29-25-43(26-30-46)41-15-8-5-9-16-41)51-19-11-10-18-50(51)60(56)45-27-23-42(24-28-45)40-13-6-4-7-14-40/h4-20,22-36,39,53,55,57,59,61,63H,21,37-38H2,1-3H3. The zero-order chi connectivity index (χ0) is 42.7. The van der Waals surface area contributed by atoms with Crippen molar-refractivity contribution in [2.45, 2.75) is 62.6 Å². The van der Waals surface area contributed by atoms with Crippen LogP contribution in [0.5, 0.6) is 0 Å². The van der Waals surface area contributed by atoms with Crippen LogP contribution in [0.25, 0.3) is 39.5 Å². The van der Waals surface area contributed by atoms with Crippen LogP contribution < -0.4 is 5.19 Å². The number of allylic oxidation sites excluding steroid dienone is 5. The van der Waals surface area contributed by atoms with E-state index in [-0.39, 0.29) is 0 Å². The number of hydrogen-bond acceptors (Lipinski definition) is 0. The first-order valence-corrected chi connectivity index (χ1v) is 27.0. The Labute approximate surface area is 380 Å². The largest absolute Gasteiger partial charge is 0.0847 e. The van der Waals surface area contributed by atoms with E-state index >= 15 is 0 Å². The van der Waals surface area contributed by atoms with Crippen LogP contribution in [0.1, 0.15) is 94.0 Å². The van der Waals surface area contributed by atoms with Crippen molar-refractivity contribution >= 4 is 30.5 Å². The molecule has 7 aromatic rings. The lowest BCUT2D eigenvalue weighted by molar-refractivity contribution is 0.370. The van der Waals surface area contributed by atoms with Crippen LogP contribution >= 0.6 is 0 Å². The molecule has 7 unspecified atom stereocenters. The van der Waals surface area contributed by atoms with E-state index in [1.807, 2.05) is 0 Å². The molecule has 0 nitrogen and oxygen atoms in total. The van der Waals surface area contributed by atoms with Gasteiger partial charge in [-0.25, -0.2) is 0 Å². The zero-order valence-electron chi connectivity index (χ0n) is 37.1. The van der Waals surface area contributed by atoms with E-state index in [0.29, 0.717) is 41.0 Å². The van der Waals surface area contributed by atoms with E-state index in [2.05, 4.69) is 214 Å². The van der Waals surface area contributed by atoms with Crippen molar-refractivity contribution < 1.29 is 0 Å². The Morgan fingerprint density at radius 3 is 1.92 bits per heavy atom. The van der Waals surface area contributed by atoms with Crippen LogP contribution in [-0.4, -0.2) is 8.07 Å². The molecule has 13 rings (SSSR count). The second-order valence-corrected chi connectivity index (χ2v) is 25.1. The molecule has 1 aliphatic heterocycles. The second-order valence-electron chi connectivity index (χ2n) is 20.4. The Bertz CT molecular complexity index is 3120. The summed E-state index contributed by atoms with van der Waals surface area (Å²) in [6.07, 6.45) is 13.5. The molecule has 64 heavy (non-hydrogen) atoms. The fourth-order valence-electron chi connectivity index (χ4n) is 13.8. The highest BCUT2D eigenvalue weighted by Crippen LogP contribution is 2.63. The molecule has 1 fully saturated rings. The Kier molecular flexibility index (Phi) is 8.73. The topological polar surface area (TPSA) is 0 Å². The first-order chi connectivity index (χ1) is 31.4. The van der Waals surface area contributed by atoms with Gasteiger partial charge in [0.1, 0.15) is 0 Å². The molecular weight excluding hydrogens is 785 g/mol. The van der Waals surface area contributed by atoms with Crippen molar-refractivity contribution in [2.75, 3.05) is 0 Å². The van der Waals surface area contributed by atoms with E-state index < -0.39 is 8.07 Å². The highest BCUT2D eigenvalue weighted by atomic mass is 28.3. The molecule has 0 N–H and O–H groups in total. The van der Waals surface area contributed by atoms with Gasteiger partial charge in [0.25, 0.3) is 0 Å². The summed E-state index contributed by atoms with van der Waals surface area (Å²) in [5.74, 6) is 2.92. The summed E-state index contributed by atoms with van der Waals surface area (Å²) in [5, 5.41) is 1.71. The highest BCUT2D eigenvalue weighted by molar-refractivity contribution is 6.92. The van der Waals surface area contributed by atoms with Crippen LogP contribution in [-0.2, 0) is 0 Å². The van der Waals surface area contributed by atoms with Gasteiger partial charge in [0.2, 0.25) is 0 Å². The first-order valence-electron chi connectivity index (χ1n) is 23.9. The quantitative estimate of drug-likeness (QED) is 0.152. The van der Waals surface area contributed by atoms with Gasteiger partial charge >= 0.3 is 0 Å². The highest BCUT2D eigenvalue weighted by Gasteiger charge is 2.54. The minimum atomic E-state index is -1.94. The summed E-state index contributed by atoms with van der Waals surface area (Å²) in [7, 11) is -1.94. The van der Waals surface area contributed by atoms with Gasteiger partial charge < -0.3 is 0 Å². The minimum Gasteiger partial charge on any atom is -0.0804 e.